The monoisotopic (exact) mass is 683 g/mol. The summed E-state index contributed by atoms with van der Waals surface area (Å²) in [5.41, 5.74) is 13.1. The summed E-state index contributed by atoms with van der Waals surface area (Å²) >= 11 is 19.8. The Morgan fingerprint density at radius 3 is 1.71 bits per heavy atom. The zero-order valence-corrected chi connectivity index (χ0v) is 27.6. The van der Waals surface area contributed by atoms with Crippen molar-refractivity contribution in [1.29, 1.82) is 0 Å². The van der Waals surface area contributed by atoms with Gasteiger partial charge < -0.3 is 18.9 Å². The summed E-state index contributed by atoms with van der Waals surface area (Å²) in [6.45, 7) is 3.11. The first-order valence-electron chi connectivity index (χ1n) is 14.4. The standard InChI is InChI=1S/C34H32Cl3N3O4S/c1-22-2-16-29(17-3-22)45-34-31(39-40-38)33(43-20-25-8-14-28(37)15-9-25)32(42-19-24-6-12-27(36)13-7-24)30(44-34)21-41-18-23-4-10-26(35)11-5-23/h2-17,30-34H,18-21H2,1H3/t30-,31-,32+,33-,34+/m1/s1. The maximum Gasteiger partial charge on any atom is 0.119 e. The van der Waals surface area contributed by atoms with E-state index >= 15 is 0 Å². The lowest BCUT2D eigenvalue weighted by Gasteiger charge is -2.44. The smallest absolute Gasteiger partial charge is 0.119 e. The van der Waals surface area contributed by atoms with Crippen molar-refractivity contribution in [2.45, 2.75) is 61.4 Å². The van der Waals surface area contributed by atoms with Gasteiger partial charge in [0.1, 0.15) is 23.7 Å². The fourth-order valence-corrected chi connectivity index (χ4v) is 6.36. The summed E-state index contributed by atoms with van der Waals surface area (Å²) in [5.74, 6) is 0. The maximum absolute atomic E-state index is 9.68. The number of benzene rings is 4. The highest BCUT2D eigenvalue weighted by atomic mass is 35.5. The van der Waals surface area contributed by atoms with E-state index in [4.69, 9.17) is 53.8 Å². The molecule has 7 nitrogen and oxygen atoms in total. The average molecular weight is 685 g/mol. The molecule has 0 radical (unpaired) electrons. The van der Waals surface area contributed by atoms with Gasteiger partial charge >= 0.3 is 0 Å². The van der Waals surface area contributed by atoms with Gasteiger partial charge in [-0.1, -0.05) is 106 Å². The summed E-state index contributed by atoms with van der Waals surface area (Å²) < 4.78 is 26.0. The predicted octanol–water partition coefficient (Wildman–Crippen LogP) is 9.84. The van der Waals surface area contributed by atoms with Crippen LogP contribution in [0.2, 0.25) is 15.1 Å². The number of thioether (sulfide) groups is 1. The summed E-state index contributed by atoms with van der Waals surface area (Å²) in [5, 5.41) is 6.14. The molecule has 0 saturated carbocycles. The molecule has 0 aromatic heterocycles. The highest BCUT2D eigenvalue weighted by Crippen LogP contribution is 2.38. The minimum atomic E-state index is -0.712. The normalized spacial score (nSPS) is 21.3. The lowest BCUT2D eigenvalue weighted by molar-refractivity contribution is -0.211. The Morgan fingerprint density at radius 1 is 0.711 bits per heavy atom. The van der Waals surface area contributed by atoms with Crippen molar-refractivity contribution in [1.82, 2.24) is 0 Å². The lowest BCUT2D eigenvalue weighted by atomic mass is 9.97. The molecule has 4 aromatic rings. The van der Waals surface area contributed by atoms with Crippen molar-refractivity contribution in [3.05, 3.63) is 145 Å². The zero-order valence-electron chi connectivity index (χ0n) is 24.5. The van der Waals surface area contributed by atoms with E-state index < -0.39 is 29.8 Å². The van der Waals surface area contributed by atoms with E-state index in [1.807, 2.05) is 104 Å². The van der Waals surface area contributed by atoms with Gasteiger partial charge in [0, 0.05) is 24.9 Å². The van der Waals surface area contributed by atoms with E-state index in [2.05, 4.69) is 10.0 Å². The molecule has 0 amide bonds. The number of halogens is 3. The summed E-state index contributed by atoms with van der Waals surface area (Å²) in [4.78, 5) is 4.17. The van der Waals surface area contributed by atoms with Crippen LogP contribution in [-0.4, -0.2) is 36.4 Å². The van der Waals surface area contributed by atoms with E-state index in [0.717, 1.165) is 27.1 Å². The Morgan fingerprint density at radius 2 is 1.20 bits per heavy atom. The molecule has 234 valence electrons. The van der Waals surface area contributed by atoms with Gasteiger partial charge in [-0.3, -0.25) is 0 Å². The third-order valence-electron chi connectivity index (χ3n) is 7.25. The van der Waals surface area contributed by atoms with Crippen LogP contribution in [0.4, 0.5) is 0 Å². The van der Waals surface area contributed by atoms with Crippen LogP contribution in [-0.2, 0) is 38.8 Å². The molecule has 4 aromatic carbocycles. The van der Waals surface area contributed by atoms with Crippen LogP contribution in [0.25, 0.3) is 10.4 Å². The van der Waals surface area contributed by atoms with Gasteiger partial charge in [-0.15, -0.1) is 0 Å². The molecule has 1 aliphatic heterocycles. The van der Waals surface area contributed by atoms with Gasteiger partial charge in [0.05, 0.1) is 32.5 Å². The number of hydrogen-bond acceptors (Lipinski definition) is 6. The van der Waals surface area contributed by atoms with E-state index in [9.17, 15) is 5.53 Å². The van der Waals surface area contributed by atoms with Crippen molar-refractivity contribution >= 4 is 46.6 Å². The Balaban J connectivity index is 1.44. The molecular formula is C34H32Cl3N3O4S. The first-order valence-corrected chi connectivity index (χ1v) is 16.4. The Bertz CT molecular complexity index is 1550. The van der Waals surface area contributed by atoms with Crippen molar-refractivity contribution < 1.29 is 18.9 Å². The van der Waals surface area contributed by atoms with Gasteiger partial charge in [-0.25, -0.2) is 0 Å². The minimum absolute atomic E-state index is 0.211. The summed E-state index contributed by atoms with van der Waals surface area (Å²) in [6.07, 6.45) is -1.85. The molecule has 11 heteroatoms. The Labute approximate surface area is 282 Å². The Hall–Kier alpha value is -2.75. The van der Waals surface area contributed by atoms with Crippen molar-refractivity contribution in [3.63, 3.8) is 0 Å². The number of rotatable bonds is 13. The molecule has 45 heavy (non-hydrogen) atoms. The van der Waals surface area contributed by atoms with Gasteiger partial charge in [0.15, 0.2) is 0 Å². The number of azide groups is 1. The average Bonchev–Trinajstić information content (AvgIpc) is 3.04. The molecular weight excluding hydrogens is 653 g/mol. The van der Waals surface area contributed by atoms with Gasteiger partial charge in [-0.2, -0.15) is 0 Å². The third-order valence-corrected chi connectivity index (χ3v) is 9.17. The molecule has 1 saturated heterocycles. The molecule has 0 unspecified atom stereocenters. The minimum Gasteiger partial charge on any atom is -0.374 e. The molecule has 1 aliphatic rings. The van der Waals surface area contributed by atoms with Crippen LogP contribution in [0.15, 0.2) is 107 Å². The van der Waals surface area contributed by atoms with Crippen molar-refractivity contribution in [2.24, 2.45) is 5.11 Å². The van der Waals surface area contributed by atoms with Crippen LogP contribution >= 0.6 is 46.6 Å². The van der Waals surface area contributed by atoms with Gasteiger partial charge in [0.25, 0.3) is 0 Å². The topological polar surface area (TPSA) is 85.7 Å². The van der Waals surface area contributed by atoms with Crippen molar-refractivity contribution in [3.8, 4) is 0 Å². The number of aryl methyl sites for hydroxylation is 1. The largest absolute Gasteiger partial charge is 0.374 e. The Kier molecular flexibility index (Phi) is 12.5. The molecule has 0 bridgehead atoms. The molecule has 1 fully saturated rings. The maximum atomic E-state index is 9.68. The number of nitrogens with zero attached hydrogens (tertiary/aromatic N) is 3. The van der Waals surface area contributed by atoms with Crippen LogP contribution in [0.1, 0.15) is 22.3 Å². The third kappa shape index (κ3) is 9.87. The van der Waals surface area contributed by atoms with Crippen LogP contribution < -0.4 is 0 Å². The molecule has 5 rings (SSSR count). The van der Waals surface area contributed by atoms with Gasteiger partial charge in [-0.05, 0) is 77.7 Å². The number of hydrogen-bond donors (Lipinski definition) is 0. The highest BCUT2D eigenvalue weighted by molar-refractivity contribution is 7.99. The van der Waals surface area contributed by atoms with Crippen LogP contribution in [0, 0.1) is 6.92 Å². The predicted molar refractivity (Wildman–Crippen MR) is 180 cm³/mol. The van der Waals surface area contributed by atoms with E-state index in [0.29, 0.717) is 21.7 Å². The molecule has 0 N–H and O–H groups in total. The quantitative estimate of drug-likeness (QED) is 0.0795. The second kappa shape index (κ2) is 16.7. The molecule has 0 aliphatic carbocycles. The van der Waals surface area contributed by atoms with E-state index in [1.54, 1.807) is 0 Å². The van der Waals surface area contributed by atoms with Crippen LogP contribution in [0.5, 0.6) is 0 Å². The number of ether oxygens (including phenoxy) is 4. The highest BCUT2D eigenvalue weighted by Gasteiger charge is 2.47. The second-order valence-corrected chi connectivity index (χ2v) is 13.1. The lowest BCUT2D eigenvalue weighted by Crippen LogP contribution is -2.58. The second-order valence-electron chi connectivity index (χ2n) is 10.6. The van der Waals surface area contributed by atoms with E-state index in [-0.39, 0.29) is 19.8 Å². The molecule has 5 atom stereocenters. The van der Waals surface area contributed by atoms with Gasteiger partial charge in [0.2, 0.25) is 0 Å². The SMILES string of the molecule is Cc1ccc(S[C@@H]2O[C@H](COCc3ccc(Cl)cc3)[C@H](OCc3ccc(Cl)cc3)[C@H](OCc3ccc(Cl)cc3)[C@H]2N=[N+]=[N-])cc1. The van der Waals surface area contributed by atoms with Crippen LogP contribution in [0.3, 0.4) is 0 Å². The van der Waals surface area contributed by atoms with E-state index in [1.165, 1.54) is 11.8 Å². The summed E-state index contributed by atoms with van der Waals surface area (Å²) in [7, 11) is 0. The molecule has 1 heterocycles. The summed E-state index contributed by atoms with van der Waals surface area (Å²) in [6, 6.07) is 29.8. The zero-order chi connectivity index (χ0) is 31.6. The first-order chi connectivity index (χ1) is 21.9. The fraction of sp³-hybridized carbons (Fsp3) is 0.294. The van der Waals surface area contributed by atoms with Crippen molar-refractivity contribution in [2.75, 3.05) is 6.61 Å². The fourth-order valence-electron chi connectivity index (χ4n) is 4.87. The first kappa shape index (κ1) is 33.6. The molecule has 0 spiro atoms.